The second-order valence-electron chi connectivity index (χ2n) is 5.67. The molecule has 42 heavy (non-hydrogen) atoms. The molecule has 8 nitrogen and oxygen atoms in total. The van der Waals surface area contributed by atoms with E-state index in [4.69, 9.17) is 15.3 Å². The van der Waals surface area contributed by atoms with Crippen LogP contribution in [0.15, 0.2) is 35.5 Å². The van der Waals surface area contributed by atoms with E-state index in [0.29, 0.717) is 0 Å². The van der Waals surface area contributed by atoms with Crippen molar-refractivity contribution >= 4 is 17.3 Å². The third-order valence-corrected chi connectivity index (χ3v) is 2.51. The van der Waals surface area contributed by atoms with Gasteiger partial charge in [-0.2, -0.15) is 79.0 Å². The molecule has 0 heterocycles. The number of halogens is 18. The van der Waals surface area contributed by atoms with Gasteiger partial charge in [0.15, 0.2) is 0 Å². The topological polar surface area (TPSA) is 175 Å². The summed E-state index contributed by atoms with van der Waals surface area (Å²) in [5, 5.41) is 23.8. The molecule has 0 spiro atoms. The number of aliphatic hydroxyl groups excluding tert-OH is 3. The third-order valence-electron chi connectivity index (χ3n) is 2.51. The van der Waals surface area contributed by atoms with E-state index in [1.165, 1.54) is 0 Å². The minimum absolute atomic E-state index is 0. The van der Waals surface area contributed by atoms with Crippen LogP contribution in [-0.4, -0.2) is 80.7 Å². The molecule has 0 saturated heterocycles. The summed E-state index contributed by atoms with van der Waals surface area (Å²) in [5.41, 5.74) is 0. The zero-order chi connectivity index (χ0) is 32.6. The van der Waals surface area contributed by atoms with E-state index in [1.54, 1.807) is 0 Å². The van der Waals surface area contributed by atoms with Crippen molar-refractivity contribution in [3.8, 4) is 0 Å². The predicted molar refractivity (Wildman–Crippen MR) is 90.7 cm³/mol. The second kappa shape index (κ2) is 18.5. The largest absolute Gasteiger partial charge is 0.504 e. The monoisotopic (exact) mass is 834 g/mol. The molecule has 27 heteroatoms. The molecule has 0 radical (unpaired) electrons. The van der Waals surface area contributed by atoms with Gasteiger partial charge < -0.3 is 26.3 Å². The molecule has 0 atom stereocenters. The molecule has 0 bridgehead atoms. The first-order valence-corrected chi connectivity index (χ1v) is 7.92. The van der Waals surface area contributed by atoms with Crippen LogP contribution in [0.3, 0.4) is 0 Å². The van der Waals surface area contributed by atoms with Gasteiger partial charge in [0.05, 0.1) is 0 Å². The van der Waals surface area contributed by atoms with Gasteiger partial charge in [-0.25, -0.2) is 0 Å². The maximum Gasteiger partial charge on any atom is 0.454 e. The minimum atomic E-state index is -5.42. The minimum Gasteiger partial charge on any atom is -0.504 e. The molecule has 0 unspecified atom stereocenters. The number of ketones is 3. The Morgan fingerprint density at radius 3 is 0.548 bits per heavy atom. The Hall–Kier alpha value is -2.19. The standard InChI is InChI=1S/3C5H2F6O2.2H2O.Yb/c3*6-4(7,8)2(12)1-3(13)5(9,10)11;;;/h3*1,12H;2*1H2;/b3*2-1-;;;. The molecule has 0 amide bonds. The average Bonchev–Trinajstić information content (AvgIpc) is 2.64. The SMILES string of the molecule is O.O.O=C(/C=C(\O)C(F)(F)F)C(F)(F)F.O=C(/C=C(\O)C(F)(F)F)C(F)(F)F.O=C(/C=C(\O)C(F)(F)F)C(F)(F)F.[Yb]. The molecule has 0 saturated carbocycles. The molecule has 0 aromatic carbocycles. The van der Waals surface area contributed by atoms with Crippen LogP contribution in [0, 0.1) is 46.9 Å². The number of allylic oxidation sites excluding steroid dienone is 6. The van der Waals surface area contributed by atoms with E-state index in [-0.39, 0.29) is 57.9 Å². The van der Waals surface area contributed by atoms with Gasteiger partial charge in [0.25, 0.3) is 17.3 Å². The number of alkyl halides is 18. The van der Waals surface area contributed by atoms with Gasteiger partial charge >= 0.3 is 37.1 Å². The quantitative estimate of drug-likeness (QED) is 0.211. The fourth-order valence-corrected chi connectivity index (χ4v) is 0.864. The molecule has 258 valence electrons. The summed E-state index contributed by atoms with van der Waals surface area (Å²) in [4.78, 5) is 29.6. The van der Waals surface area contributed by atoms with Crippen molar-refractivity contribution in [1.82, 2.24) is 0 Å². The van der Waals surface area contributed by atoms with Crippen LogP contribution in [0.25, 0.3) is 0 Å². The van der Waals surface area contributed by atoms with Gasteiger partial charge in [-0.15, -0.1) is 0 Å². The Labute approximate surface area is 255 Å². The van der Waals surface area contributed by atoms with Gasteiger partial charge in [-0.1, -0.05) is 0 Å². The van der Waals surface area contributed by atoms with Crippen molar-refractivity contribution in [3.63, 3.8) is 0 Å². The molecule has 0 rings (SSSR count). The zero-order valence-electron chi connectivity index (χ0n) is 18.4. The molecular weight excluding hydrogens is 823 g/mol. The molecule has 0 aromatic rings. The Morgan fingerprint density at radius 2 is 0.476 bits per heavy atom. The number of aliphatic hydroxyl groups is 3. The zero-order valence-corrected chi connectivity index (χ0v) is 20.1. The maximum absolute atomic E-state index is 11.4. The molecule has 0 aliphatic rings. The normalized spacial score (nSPS) is 13.4. The van der Waals surface area contributed by atoms with Gasteiger partial charge in [0, 0.05) is 65.2 Å². The number of hydrogen-bond donors (Lipinski definition) is 3. The summed E-state index contributed by atoms with van der Waals surface area (Å²) in [6.07, 6.45) is -35.0. The van der Waals surface area contributed by atoms with E-state index < -0.39 is 89.9 Å². The van der Waals surface area contributed by atoms with Crippen LogP contribution in [0.2, 0.25) is 0 Å². The summed E-state index contributed by atoms with van der Waals surface area (Å²) in [5.74, 6) is -16.0. The van der Waals surface area contributed by atoms with Gasteiger partial charge in [0.2, 0.25) is 17.3 Å². The van der Waals surface area contributed by atoms with Gasteiger partial charge in [-0.05, 0) is 0 Å². The van der Waals surface area contributed by atoms with Crippen molar-refractivity contribution in [1.29, 1.82) is 0 Å². The fraction of sp³-hybridized carbons (Fsp3) is 0.400. The fourth-order valence-electron chi connectivity index (χ4n) is 0.864. The van der Waals surface area contributed by atoms with E-state index >= 15 is 0 Å². The first-order valence-electron chi connectivity index (χ1n) is 7.92. The van der Waals surface area contributed by atoms with Crippen LogP contribution in [0.5, 0.6) is 0 Å². The summed E-state index contributed by atoms with van der Waals surface area (Å²) in [6.45, 7) is 0. The first-order chi connectivity index (χ1) is 16.6. The van der Waals surface area contributed by atoms with Crippen molar-refractivity contribution in [3.05, 3.63) is 35.5 Å². The summed E-state index contributed by atoms with van der Waals surface area (Å²) in [6, 6.07) is 0. The smallest absolute Gasteiger partial charge is 0.454 e. The molecule has 0 aromatic heterocycles. The Balaban J connectivity index is -0.000000112. The Morgan fingerprint density at radius 1 is 0.357 bits per heavy atom. The van der Waals surface area contributed by atoms with Crippen LogP contribution in [0.1, 0.15) is 0 Å². The van der Waals surface area contributed by atoms with Crippen LogP contribution in [-0.2, 0) is 14.4 Å². The molecule has 7 N–H and O–H groups in total. The van der Waals surface area contributed by atoms with Crippen molar-refractivity contribution < 1.29 is 167 Å². The van der Waals surface area contributed by atoms with Crippen LogP contribution in [0.4, 0.5) is 79.0 Å². The van der Waals surface area contributed by atoms with E-state index in [2.05, 4.69) is 0 Å². The first kappa shape index (κ1) is 52.5. The summed E-state index contributed by atoms with van der Waals surface area (Å²) in [7, 11) is 0. The summed E-state index contributed by atoms with van der Waals surface area (Å²) < 4.78 is 204. The molecule has 0 fully saturated rings. The average molecular weight is 833 g/mol. The Bertz CT molecular complexity index is 839. The van der Waals surface area contributed by atoms with Crippen molar-refractivity contribution in [2.75, 3.05) is 0 Å². The third kappa shape index (κ3) is 24.4. The van der Waals surface area contributed by atoms with Crippen molar-refractivity contribution in [2.24, 2.45) is 0 Å². The predicted octanol–water partition coefficient (Wildman–Crippen LogP) is 4.72. The van der Waals surface area contributed by atoms with Gasteiger partial charge in [-0.3, -0.25) is 14.4 Å². The Kier molecular flexibility index (Phi) is 23.1. The number of hydrogen-bond acceptors (Lipinski definition) is 6. The molecule has 0 aliphatic heterocycles. The van der Waals surface area contributed by atoms with Crippen LogP contribution >= 0.6 is 0 Å². The second-order valence-corrected chi connectivity index (χ2v) is 5.67. The number of rotatable bonds is 3. The van der Waals surface area contributed by atoms with Crippen molar-refractivity contribution in [2.45, 2.75) is 37.1 Å². The van der Waals surface area contributed by atoms with E-state index in [1.807, 2.05) is 0 Å². The maximum atomic E-state index is 11.4. The number of carbonyl (C=O) groups is 3. The van der Waals surface area contributed by atoms with Gasteiger partial charge in [0.1, 0.15) is 0 Å². The summed E-state index contributed by atoms with van der Waals surface area (Å²) >= 11 is 0. The molecule has 0 aliphatic carbocycles. The van der Waals surface area contributed by atoms with E-state index in [0.717, 1.165) is 0 Å². The van der Waals surface area contributed by atoms with Crippen LogP contribution < -0.4 is 0 Å². The van der Waals surface area contributed by atoms with E-state index in [9.17, 15) is 93.4 Å². The number of carbonyl (C=O) groups excluding carboxylic acids is 3. The molecular formula is C15H10F18O8Yb.